The zero-order valence-electron chi connectivity index (χ0n) is 16.5. The molecule has 6 nitrogen and oxygen atoms in total. The first-order chi connectivity index (χ1) is 14.0. The molecule has 0 saturated carbocycles. The van der Waals surface area contributed by atoms with Crippen LogP contribution in [-0.2, 0) is 0 Å². The van der Waals surface area contributed by atoms with Crippen LogP contribution in [0.25, 0.3) is 10.8 Å². The molecule has 2 amide bonds. The fourth-order valence-corrected chi connectivity index (χ4v) is 4.01. The number of anilines is 2. The second kappa shape index (κ2) is 8.25. The molecule has 1 atom stereocenters. The number of aromatic nitrogens is 2. The molecule has 0 bridgehead atoms. The highest BCUT2D eigenvalue weighted by Crippen LogP contribution is 2.26. The monoisotopic (exact) mass is 409 g/mol. The molecule has 0 aliphatic carbocycles. The lowest BCUT2D eigenvalue weighted by Crippen LogP contribution is -2.58. The number of hydrogen-bond donors (Lipinski definition) is 1. The van der Waals surface area contributed by atoms with Gasteiger partial charge in [0.05, 0.1) is 11.7 Å². The minimum absolute atomic E-state index is 0.0625. The average Bonchev–Trinajstić information content (AvgIpc) is 2.73. The molecule has 0 radical (unpaired) electrons. The predicted molar refractivity (Wildman–Crippen MR) is 118 cm³/mol. The molecule has 2 aromatic carbocycles. The Morgan fingerprint density at radius 1 is 1.14 bits per heavy atom. The van der Waals surface area contributed by atoms with Gasteiger partial charge in [0.1, 0.15) is 5.82 Å². The van der Waals surface area contributed by atoms with Crippen LogP contribution >= 0.6 is 11.6 Å². The minimum Gasteiger partial charge on any atom is -0.353 e. The Labute approximate surface area is 175 Å². The van der Waals surface area contributed by atoms with Gasteiger partial charge in [0.15, 0.2) is 0 Å². The summed E-state index contributed by atoms with van der Waals surface area (Å²) in [6, 6.07) is 15.9. The normalized spacial score (nSPS) is 17.0. The molecule has 0 spiro atoms. The number of piperazine rings is 1. The summed E-state index contributed by atoms with van der Waals surface area (Å²) in [6.45, 7) is 6.28. The van der Waals surface area contributed by atoms with Crippen molar-refractivity contribution in [2.45, 2.75) is 19.9 Å². The second-order valence-corrected chi connectivity index (χ2v) is 7.93. The van der Waals surface area contributed by atoms with Crippen LogP contribution in [0.4, 0.5) is 16.3 Å². The van der Waals surface area contributed by atoms with Crippen molar-refractivity contribution in [3.8, 4) is 0 Å². The van der Waals surface area contributed by atoms with Gasteiger partial charge in [0, 0.05) is 31.2 Å². The SMILES string of the molecule is CC(C)C1CN(c2ccnc(Cl)n2)CCN1C(=O)Nc1cccc2ccccc12. The molecule has 1 unspecified atom stereocenters. The largest absolute Gasteiger partial charge is 0.353 e. The fraction of sp³-hybridized carbons (Fsp3) is 0.318. The highest BCUT2D eigenvalue weighted by atomic mass is 35.5. The van der Waals surface area contributed by atoms with E-state index in [1.807, 2.05) is 53.4 Å². The van der Waals surface area contributed by atoms with E-state index in [0.717, 1.165) is 22.3 Å². The van der Waals surface area contributed by atoms with Gasteiger partial charge in [-0.25, -0.2) is 14.8 Å². The van der Waals surface area contributed by atoms with E-state index >= 15 is 0 Å². The first kappa shape index (κ1) is 19.5. The zero-order chi connectivity index (χ0) is 20.4. The van der Waals surface area contributed by atoms with Crippen molar-refractivity contribution in [1.82, 2.24) is 14.9 Å². The van der Waals surface area contributed by atoms with Crippen molar-refractivity contribution in [2.75, 3.05) is 29.9 Å². The van der Waals surface area contributed by atoms with E-state index in [1.165, 1.54) is 0 Å². The molecule has 1 aromatic heterocycles. The summed E-state index contributed by atoms with van der Waals surface area (Å²) in [6.07, 6.45) is 1.66. The third kappa shape index (κ3) is 4.12. The number of nitrogens with one attached hydrogen (secondary N) is 1. The van der Waals surface area contributed by atoms with Crippen molar-refractivity contribution in [3.05, 3.63) is 60.0 Å². The van der Waals surface area contributed by atoms with Gasteiger partial charge in [0.25, 0.3) is 0 Å². The maximum absolute atomic E-state index is 13.2. The summed E-state index contributed by atoms with van der Waals surface area (Å²) in [4.78, 5) is 25.6. The summed E-state index contributed by atoms with van der Waals surface area (Å²) < 4.78 is 0. The summed E-state index contributed by atoms with van der Waals surface area (Å²) in [5.74, 6) is 1.10. The van der Waals surface area contributed by atoms with E-state index in [4.69, 9.17) is 11.6 Å². The molecule has 1 saturated heterocycles. The van der Waals surface area contributed by atoms with Crippen LogP contribution in [0.15, 0.2) is 54.7 Å². The van der Waals surface area contributed by atoms with Crippen LogP contribution in [0.5, 0.6) is 0 Å². The number of amides is 2. The Hall–Kier alpha value is -2.86. The van der Waals surface area contributed by atoms with E-state index in [-0.39, 0.29) is 17.4 Å². The molecule has 2 heterocycles. The van der Waals surface area contributed by atoms with Crippen molar-refractivity contribution in [3.63, 3.8) is 0 Å². The van der Waals surface area contributed by atoms with Crippen LogP contribution in [0, 0.1) is 5.92 Å². The Bertz CT molecular complexity index is 1020. The molecule has 1 aliphatic rings. The number of benzene rings is 2. The van der Waals surface area contributed by atoms with Crippen molar-refractivity contribution in [1.29, 1.82) is 0 Å². The molecular weight excluding hydrogens is 386 g/mol. The Morgan fingerprint density at radius 2 is 1.93 bits per heavy atom. The Morgan fingerprint density at radius 3 is 2.72 bits per heavy atom. The maximum Gasteiger partial charge on any atom is 0.322 e. The highest BCUT2D eigenvalue weighted by molar-refractivity contribution is 6.28. The van der Waals surface area contributed by atoms with Gasteiger partial charge in [-0.05, 0) is 35.0 Å². The smallest absolute Gasteiger partial charge is 0.322 e. The summed E-state index contributed by atoms with van der Waals surface area (Å²) in [7, 11) is 0. The van der Waals surface area contributed by atoms with Gasteiger partial charge in [-0.1, -0.05) is 50.2 Å². The molecule has 29 heavy (non-hydrogen) atoms. The van der Waals surface area contributed by atoms with Crippen LogP contribution in [0.1, 0.15) is 13.8 Å². The summed E-state index contributed by atoms with van der Waals surface area (Å²) >= 11 is 5.96. The van der Waals surface area contributed by atoms with Crippen LogP contribution in [0.2, 0.25) is 5.28 Å². The van der Waals surface area contributed by atoms with Gasteiger partial charge < -0.3 is 15.1 Å². The van der Waals surface area contributed by atoms with Crippen LogP contribution < -0.4 is 10.2 Å². The quantitative estimate of drug-likeness (QED) is 0.639. The van der Waals surface area contributed by atoms with E-state index in [9.17, 15) is 4.79 Å². The Kier molecular flexibility index (Phi) is 5.53. The molecule has 1 aliphatic heterocycles. The number of nitrogens with zero attached hydrogens (tertiary/aromatic N) is 4. The van der Waals surface area contributed by atoms with E-state index in [0.29, 0.717) is 25.6 Å². The lowest BCUT2D eigenvalue weighted by atomic mass is 10.00. The number of halogens is 1. The average molecular weight is 410 g/mol. The van der Waals surface area contributed by atoms with Gasteiger partial charge in [-0.3, -0.25) is 0 Å². The summed E-state index contributed by atoms with van der Waals surface area (Å²) in [5.41, 5.74) is 0.834. The van der Waals surface area contributed by atoms with Crippen molar-refractivity contribution in [2.24, 2.45) is 5.92 Å². The molecule has 150 valence electrons. The number of carbonyl (C=O) groups is 1. The molecule has 7 heteroatoms. The van der Waals surface area contributed by atoms with E-state index in [2.05, 4.69) is 34.0 Å². The molecule has 3 aromatic rings. The maximum atomic E-state index is 13.2. The minimum atomic E-state index is -0.0691. The Balaban J connectivity index is 1.53. The molecule has 1 N–H and O–H groups in total. The first-order valence-electron chi connectivity index (χ1n) is 9.82. The third-order valence-corrected chi connectivity index (χ3v) is 5.60. The van der Waals surface area contributed by atoms with Crippen LogP contribution in [-0.4, -0.2) is 46.6 Å². The standard InChI is InChI=1S/C22H24ClN5O/c1-15(2)19-14-27(20-10-11-24-21(23)26-20)12-13-28(19)22(29)25-18-9-5-7-16-6-3-4-8-17(16)18/h3-11,15,19H,12-14H2,1-2H3,(H,25,29). The van der Waals surface area contributed by atoms with Gasteiger partial charge >= 0.3 is 6.03 Å². The number of rotatable bonds is 3. The zero-order valence-corrected chi connectivity index (χ0v) is 17.3. The van der Waals surface area contributed by atoms with E-state index < -0.39 is 0 Å². The van der Waals surface area contributed by atoms with E-state index in [1.54, 1.807) is 6.20 Å². The summed E-state index contributed by atoms with van der Waals surface area (Å²) in [5, 5.41) is 5.51. The molecule has 1 fully saturated rings. The number of urea groups is 1. The number of fused-ring (bicyclic) bond motifs is 1. The van der Waals surface area contributed by atoms with Gasteiger partial charge in [-0.15, -0.1) is 0 Å². The van der Waals surface area contributed by atoms with Crippen molar-refractivity contribution < 1.29 is 4.79 Å². The number of hydrogen-bond acceptors (Lipinski definition) is 4. The van der Waals surface area contributed by atoms with Crippen LogP contribution in [0.3, 0.4) is 0 Å². The van der Waals surface area contributed by atoms with Gasteiger partial charge in [-0.2, -0.15) is 0 Å². The molecular formula is C22H24ClN5O. The lowest BCUT2D eigenvalue weighted by molar-refractivity contribution is 0.156. The lowest BCUT2D eigenvalue weighted by Gasteiger charge is -2.43. The predicted octanol–water partition coefficient (Wildman–Crippen LogP) is 4.66. The van der Waals surface area contributed by atoms with Gasteiger partial charge in [0.2, 0.25) is 5.28 Å². The number of carbonyl (C=O) groups excluding carboxylic acids is 1. The third-order valence-electron chi connectivity index (χ3n) is 5.42. The molecule has 4 rings (SSSR count). The highest BCUT2D eigenvalue weighted by Gasteiger charge is 2.33. The fourth-order valence-electron chi connectivity index (χ4n) is 3.86. The first-order valence-corrected chi connectivity index (χ1v) is 10.2. The second-order valence-electron chi connectivity index (χ2n) is 7.59. The topological polar surface area (TPSA) is 61.4 Å². The van der Waals surface area contributed by atoms with Crippen molar-refractivity contribution >= 4 is 39.9 Å².